The molecule has 0 bridgehead atoms. The van der Waals surface area contributed by atoms with Crippen LogP contribution in [0.1, 0.15) is 24.2 Å². The van der Waals surface area contributed by atoms with Gasteiger partial charge >= 0.3 is 7.60 Å². The molecule has 2 rings (SSSR count). The number of hydrogen-bond donors (Lipinski definition) is 0. The van der Waals surface area contributed by atoms with Gasteiger partial charge in [-0.1, -0.05) is 15.9 Å². The first kappa shape index (κ1) is 16.7. The highest BCUT2D eigenvalue weighted by molar-refractivity contribution is 9.10. The van der Waals surface area contributed by atoms with Gasteiger partial charge in [0.1, 0.15) is 5.75 Å². The summed E-state index contributed by atoms with van der Waals surface area (Å²) in [6, 6.07) is 5.28. The molecule has 1 aromatic carbocycles. The van der Waals surface area contributed by atoms with Crippen LogP contribution in [0.2, 0.25) is 0 Å². The second-order valence-corrected chi connectivity index (χ2v) is 7.66. The van der Waals surface area contributed by atoms with Crippen molar-refractivity contribution in [3.8, 4) is 5.75 Å². The van der Waals surface area contributed by atoms with Crippen LogP contribution in [0.5, 0.6) is 5.75 Å². The van der Waals surface area contributed by atoms with Crippen LogP contribution in [-0.4, -0.2) is 31.8 Å². The Labute approximate surface area is 132 Å². The van der Waals surface area contributed by atoms with E-state index in [1.54, 1.807) is 26.0 Å². The number of fused-ring (bicyclic) bond motifs is 1. The minimum absolute atomic E-state index is 0.0411. The third-order valence-electron chi connectivity index (χ3n) is 3.11. The van der Waals surface area contributed by atoms with E-state index in [9.17, 15) is 9.36 Å². The molecular formula is C14H18BrO5P. The number of halogens is 1. The van der Waals surface area contributed by atoms with E-state index in [1.807, 2.05) is 6.07 Å². The van der Waals surface area contributed by atoms with Crippen LogP contribution in [0, 0.1) is 5.92 Å². The molecule has 1 heterocycles. The van der Waals surface area contributed by atoms with Gasteiger partial charge in [-0.2, -0.15) is 0 Å². The third kappa shape index (κ3) is 3.95. The molecule has 5 nitrogen and oxygen atoms in total. The van der Waals surface area contributed by atoms with Gasteiger partial charge in [0, 0.05) is 4.47 Å². The fraction of sp³-hybridized carbons (Fsp3) is 0.500. The molecule has 1 aromatic rings. The van der Waals surface area contributed by atoms with E-state index in [0.717, 1.165) is 4.47 Å². The van der Waals surface area contributed by atoms with Crippen LogP contribution in [0.4, 0.5) is 0 Å². The zero-order valence-electron chi connectivity index (χ0n) is 12.0. The first-order chi connectivity index (χ1) is 9.99. The topological polar surface area (TPSA) is 61.8 Å². The molecule has 0 amide bonds. The second-order valence-electron chi connectivity index (χ2n) is 4.64. The minimum Gasteiger partial charge on any atom is -0.492 e. The van der Waals surface area contributed by atoms with Crippen molar-refractivity contribution >= 4 is 29.3 Å². The summed E-state index contributed by atoms with van der Waals surface area (Å²) in [5.74, 6) is -0.0463. The van der Waals surface area contributed by atoms with Crippen molar-refractivity contribution in [2.75, 3.05) is 26.0 Å². The van der Waals surface area contributed by atoms with Crippen molar-refractivity contribution in [1.82, 2.24) is 0 Å². The number of ketones is 1. The summed E-state index contributed by atoms with van der Waals surface area (Å²) in [6.07, 6.45) is 0.0411. The van der Waals surface area contributed by atoms with Crippen molar-refractivity contribution in [1.29, 1.82) is 0 Å². The molecule has 1 aliphatic rings. The number of benzene rings is 1. The number of carbonyl (C=O) groups excluding carboxylic acids is 1. The lowest BCUT2D eigenvalue weighted by Gasteiger charge is -2.27. The van der Waals surface area contributed by atoms with Crippen LogP contribution in [0.3, 0.4) is 0 Å². The molecule has 0 spiro atoms. The molecule has 21 heavy (non-hydrogen) atoms. The van der Waals surface area contributed by atoms with Gasteiger partial charge < -0.3 is 13.8 Å². The molecule has 0 radical (unpaired) electrons. The van der Waals surface area contributed by atoms with E-state index in [1.165, 1.54) is 0 Å². The molecule has 0 saturated heterocycles. The summed E-state index contributed by atoms with van der Waals surface area (Å²) in [4.78, 5) is 12.5. The average molecular weight is 377 g/mol. The summed E-state index contributed by atoms with van der Waals surface area (Å²) >= 11 is 3.34. The largest absolute Gasteiger partial charge is 0.492 e. The lowest BCUT2D eigenvalue weighted by molar-refractivity contribution is 0.0839. The normalized spacial score (nSPS) is 18.2. The molecule has 0 N–H and O–H groups in total. The molecule has 0 fully saturated rings. The van der Waals surface area contributed by atoms with E-state index >= 15 is 0 Å². The maximum atomic E-state index is 12.5. The van der Waals surface area contributed by atoms with Crippen molar-refractivity contribution in [3.05, 3.63) is 28.2 Å². The molecule has 0 aliphatic carbocycles. The predicted molar refractivity (Wildman–Crippen MR) is 83.2 cm³/mol. The van der Waals surface area contributed by atoms with Gasteiger partial charge in [-0.15, -0.1) is 0 Å². The van der Waals surface area contributed by atoms with Crippen LogP contribution in [0.25, 0.3) is 0 Å². The number of rotatable bonds is 6. The van der Waals surface area contributed by atoms with Crippen molar-refractivity contribution in [2.45, 2.75) is 13.8 Å². The maximum absolute atomic E-state index is 12.5. The van der Waals surface area contributed by atoms with Crippen molar-refractivity contribution in [2.24, 2.45) is 5.92 Å². The Morgan fingerprint density at radius 2 is 2.00 bits per heavy atom. The number of carbonyl (C=O) groups is 1. The lowest BCUT2D eigenvalue weighted by Crippen LogP contribution is -2.31. The Hall–Kier alpha value is -0.680. The van der Waals surface area contributed by atoms with E-state index < -0.39 is 13.5 Å². The van der Waals surface area contributed by atoms with Gasteiger partial charge in [-0.3, -0.25) is 9.36 Å². The average Bonchev–Trinajstić information content (AvgIpc) is 2.43. The van der Waals surface area contributed by atoms with Gasteiger partial charge in [0.05, 0.1) is 37.5 Å². The highest BCUT2D eigenvalue weighted by atomic mass is 79.9. The van der Waals surface area contributed by atoms with Gasteiger partial charge in [-0.25, -0.2) is 0 Å². The van der Waals surface area contributed by atoms with Crippen LogP contribution in [0.15, 0.2) is 22.7 Å². The number of hydrogen-bond acceptors (Lipinski definition) is 5. The first-order valence-corrected chi connectivity index (χ1v) is 9.36. The Morgan fingerprint density at radius 3 is 2.62 bits per heavy atom. The number of ether oxygens (including phenoxy) is 1. The van der Waals surface area contributed by atoms with Crippen LogP contribution >= 0.6 is 23.5 Å². The van der Waals surface area contributed by atoms with Gasteiger partial charge in [0.2, 0.25) is 0 Å². The molecule has 1 atom stereocenters. The number of Topliss-reactive ketones (excluding diaryl/α,β-unsaturated/α-hetero) is 1. The van der Waals surface area contributed by atoms with Gasteiger partial charge in [0.15, 0.2) is 5.78 Å². The van der Waals surface area contributed by atoms with Crippen molar-refractivity contribution < 1.29 is 23.1 Å². The third-order valence-corrected chi connectivity index (χ3v) is 5.80. The van der Waals surface area contributed by atoms with Crippen LogP contribution in [-0.2, 0) is 13.6 Å². The van der Waals surface area contributed by atoms with E-state index in [-0.39, 0.29) is 31.8 Å². The first-order valence-electron chi connectivity index (χ1n) is 6.83. The van der Waals surface area contributed by atoms with E-state index in [4.69, 9.17) is 13.8 Å². The zero-order valence-corrected chi connectivity index (χ0v) is 14.5. The highest BCUT2D eigenvalue weighted by Crippen LogP contribution is 2.50. The summed E-state index contributed by atoms with van der Waals surface area (Å²) in [5.41, 5.74) is 0.500. The lowest BCUT2D eigenvalue weighted by atomic mass is 9.97. The van der Waals surface area contributed by atoms with Crippen LogP contribution < -0.4 is 4.74 Å². The second kappa shape index (κ2) is 7.05. The summed E-state index contributed by atoms with van der Waals surface area (Å²) < 4.78 is 29.4. The quantitative estimate of drug-likeness (QED) is 0.704. The zero-order chi connectivity index (χ0) is 15.5. The smallest absolute Gasteiger partial charge is 0.331 e. The Kier molecular flexibility index (Phi) is 5.60. The predicted octanol–water partition coefficient (Wildman–Crippen LogP) is 3.91. The Morgan fingerprint density at radius 1 is 1.33 bits per heavy atom. The minimum atomic E-state index is -3.26. The molecule has 7 heteroatoms. The van der Waals surface area contributed by atoms with Gasteiger partial charge in [0.25, 0.3) is 0 Å². The molecule has 1 unspecified atom stereocenters. The SMILES string of the molecule is CCOP(=O)(CC1COc2ccc(Br)cc2C1=O)OCC. The van der Waals surface area contributed by atoms with E-state index in [0.29, 0.717) is 11.3 Å². The Balaban J connectivity index is 2.19. The summed E-state index contributed by atoms with van der Waals surface area (Å²) in [5, 5.41) is 0. The molecular weight excluding hydrogens is 359 g/mol. The summed E-state index contributed by atoms with van der Waals surface area (Å²) in [7, 11) is -3.26. The summed E-state index contributed by atoms with van der Waals surface area (Å²) in [6.45, 7) is 4.24. The fourth-order valence-electron chi connectivity index (χ4n) is 2.25. The monoisotopic (exact) mass is 376 g/mol. The van der Waals surface area contributed by atoms with E-state index in [2.05, 4.69) is 15.9 Å². The maximum Gasteiger partial charge on any atom is 0.331 e. The molecule has 0 aromatic heterocycles. The molecule has 1 aliphatic heterocycles. The molecule has 0 saturated carbocycles. The van der Waals surface area contributed by atoms with Gasteiger partial charge in [-0.05, 0) is 32.0 Å². The Bertz CT molecular complexity index is 564. The fourth-order valence-corrected chi connectivity index (χ4v) is 4.49. The highest BCUT2D eigenvalue weighted by Gasteiger charge is 2.36. The standard InChI is InChI=1S/C14H18BrO5P/c1-3-19-21(17,20-4-2)9-10-8-18-13-6-5-11(15)7-12(13)14(10)16/h5-7,10H,3-4,8-9H2,1-2H3. The molecule has 116 valence electrons. The van der Waals surface area contributed by atoms with Crippen molar-refractivity contribution in [3.63, 3.8) is 0 Å².